The molecule has 0 aliphatic heterocycles. The van der Waals surface area contributed by atoms with Gasteiger partial charge in [-0.1, -0.05) is 17.4 Å². The number of rotatable bonds is 5. The number of hydrogen-bond acceptors (Lipinski definition) is 5. The molecule has 0 bridgehead atoms. The lowest BCUT2D eigenvalue weighted by atomic mass is 10.3. The third kappa shape index (κ3) is 4.47. The molecule has 1 heterocycles. The van der Waals surface area contributed by atoms with Gasteiger partial charge in [0.1, 0.15) is 16.5 Å². The van der Waals surface area contributed by atoms with Crippen molar-refractivity contribution in [1.82, 2.24) is 4.98 Å². The van der Waals surface area contributed by atoms with E-state index in [0.717, 1.165) is 41.7 Å². The number of halogens is 2. The Bertz CT molecular complexity index is 1100. The quantitative estimate of drug-likeness (QED) is 0.671. The van der Waals surface area contributed by atoms with E-state index in [2.05, 4.69) is 15.0 Å². The van der Waals surface area contributed by atoms with Crippen LogP contribution in [0.2, 0.25) is 0 Å². The highest BCUT2D eigenvalue weighted by Gasteiger charge is 2.20. The molecule has 1 amide bonds. The second kappa shape index (κ2) is 7.41. The molecule has 0 saturated carbocycles. The molecule has 1 aromatic heterocycles. The van der Waals surface area contributed by atoms with Gasteiger partial charge in [-0.15, -0.1) is 0 Å². The molecule has 3 aromatic rings. The lowest BCUT2D eigenvalue weighted by Crippen LogP contribution is -2.12. The van der Waals surface area contributed by atoms with Crippen LogP contribution in [0.4, 0.5) is 19.6 Å². The van der Waals surface area contributed by atoms with E-state index >= 15 is 0 Å². The number of hydrogen-bond donors (Lipinski definition) is 2. The summed E-state index contributed by atoms with van der Waals surface area (Å²) < 4.78 is 53.1. The summed E-state index contributed by atoms with van der Waals surface area (Å²) in [5.41, 5.74) is 0.576. The van der Waals surface area contributed by atoms with Gasteiger partial charge < -0.3 is 5.32 Å². The zero-order valence-electron chi connectivity index (χ0n) is 13.9. The minimum Gasteiger partial charge on any atom is -0.321 e. The van der Waals surface area contributed by atoms with Gasteiger partial charge in [0.2, 0.25) is 0 Å². The molecule has 0 fully saturated rings. The molecule has 3 rings (SSSR count). The number of aromatic nitrogens is 1. The molecule has 0 spiro atoms. The Morgan fingerprint density at radius 1 is 1.07 bits per heavy atom. The van der Waals surface area contributed by atoms with Crippen LogP contribution in [0, 0.1) is 18.6 Å². The average molecular weight is 409 g/mol. The molecule has 0 aliphatic rings. The number of carbonyl (C=O) groups is 1. The van der Waals surface area contributed by atoms with Crippen molar-refractivity contribution < 1.29 is 22.0 Å². The van der Waals surface area contributed by atoms with Crippen LogP contribution in [-0.2, 0) is 10.0 Å². The smallest absolute Gasteiger partial charge is 0.267 e. The van der Waals surface area contributed by atoms with Gasteiger partial charge in [0.25, 0.3) is 15.9 Å². The minimum atomic E-state index is -3.97. The summed E-state index contributed by atoms with van der Waals surface area (Å²) >= 11 is 0.834. The van der Waals surface area contributed by atoms with Gasteiger partial charge in [0, 0.05) is 5.69 Å². The number of nitrogens with one attached hydrogen (secondary N) is 2. The van der Waals surface area contributed by atoms with Crippen LogP contribution in [0.3, 0.4) is 0 Å². The zero-order valence-corrected chi connectivity index (χ0v) is 15.5. The number of anilines is 2. The summed E-state index contributed by atoms with van der Waals surface area (Å²) in [6, 6.07) is 9.68. The van der Waals surface area contributed by atoms with E-state index < -0.39 is 27.6 Å². The molecule has 0 radical (unpaired) electrons. The second-order valence-electron chi connectivity index (χ2n) is 5.46. The number of amides is 1. The third-order valence-corrected chi connectivity index (χ3v) is 5.99. The Morgan fingerprint density at radius 2 is 1.78 bits per heavy atom. The van der Waals surface area contributed by atoms with E-state index in [4.69, 9.17) is 0 Å². The Kier molecular flexibility index (Phi) is 5.19. The van der Waals surface area contributed by atoms with E-state index in [9.17, 15) is 22.0 Å². The first-order valence-electron chi connectivity index (χ1n) is 7.57. The van der Waals surface area contributed by atoms with Gasteiger partial charge >= 0.3 is 0 Å². The maximum atomic E-state index is 13.2. The van der Waals surface area contributed by atoms with Gasteiger partial charge in [-0.3, -0.25) is 9.52 Å². The Labute approximate surface area is 157 Å². The standard InChI is InChI=1S/C17H13F2N3O3S2/c1-10-15(16(23)21-13-4-2-3-12(19)9-13)26-17(20-10)22-27(24,25)14-7-5-11(18)6-8-14/h2-9H,1H3,(H,20,22)(H,21,23). The lowest BCUT2D eigenvalue weighted by Gasteiger charge is -2.05. The van der Waals surface area contributed by atoms with Gasteiger partial charge in [-0.2, -0.15) is 0 Å². The van der Waals surface area contributed by atoms with E-state index in [-0.39, 0.29) is 20.6 Å². The summed E-state index contributed by atoms with van der Waals surface area (Å²) in [5.74, 6) is -1.60. The van der Waals surface area contributed by atoms with Crippen LogP contribution in [0.1, 0.15) is 15.4 Å². The summed E-state index contributed by atoms with van der Waals surface area (Å²) in [4.78, 5) is 16.4. The Morgan fingerprint density at radius 3 is 2.44 bits per heavy atom. The fourth-order valence-corrected chi connectivity index (χ4v) is 4.29. The maximum absolute atomic E-state index is 13.2. The summed E-state index contributed by atoms with van der Waals surface area (Å²) in [6.45, 7) is 1.55. The normalized spacial score (nSPS) is 11.2. The third-order valence-electron chi connectivity index (χ3n) is 3.43. The molecule has 0 saturated heterocycles. The number of aryl methyl sites for hydroxylation is 1. The van der Waals surface area contributed by atoms with Gasteiger partial charge in [-0.25, -0.2) is 22.2 Å². The van der Waals surface area contributed by atoms with Crippen molar-refractivity contribution in [2.24, 2.45) is 0 Å². The Hall–Kier alpha value is -2.85. The van der Waals surface area contributed by atoms with Crippen LogP contribution < -0.4 is 10.0 Å². The van der Waals surface area contributed by atoms with E-state index in [1.54, 1.807) is 6.92 Å². The van der Waals surface area contributed by atoms with Crippen molar-refractivity contribution in [3.8, 4) is 0 Å². The van der Waals surface area contributed by atoms with E-state index in [0.29, 0.717) is 5.69 Å². The molecular formula is C17H13F2N3O3S2. The fourth-order valence-electron chi connectivity index (χ4n) is 2.19. The summed E-state index contributed by atoms with van der Waals surface area (Å²) in [7, 11) is -3.97. The van der Waals surface area contributed by atoms with Crippen LogP contribution >= 0.6 is 11.3 Å². The molecular weight excluding hydrogens is 396 g/mol. The molecule has 0 aliphatic carbocycles. The number of sulfonamides is 1. The summed E-state index contributed by atoms with van der Waals surface area (Å²) in [6.07, 6.45) is 0. The highest BCUT2D eigenvalue weighted by Crippen LogP contribution is 2.26. The predicted molar refractivity (Wildman–Crippen MR) is 98.4 cm³/mol. The first-order chi connectivity index (χ1) is 12.7. The van der Waals surface area contributed by atoms with Crippen LogP contribution in [0.15, 0.2) is 53.4 Å². The minimum absolute atomic E-state index is 0.0128. The van der Waals surface area contributed by atoms with Gasteiger partial charge in [0.15, 0.2) is 5.13 Å². The maximum Gasteiger partial charge on any atom is 0.267 e. The van der Waals surface area contributed by atoms with Crippen molar-refractivity contribution in [3.63, 3.8) is 0 Å². The molecule has 27 heavy (non-hydrogen) atoms. The Balaban J connectivity index is 1.79. The number of thiazole rings is 1. The molecule has 2 aromatic carbocycles. The highest BCUT2D eigenvalue weighted by molar-refractivity contribution is 7.93. The van der Waals surface area contributed by atoms with Crippen molar-refractivity contribution in [3.05, 3.63) is 70.7 Å². The number of carbonyl (C=O) groups excluding carboxylic acids is 1. The van der Waals surface area contributed by atoms with Crippen LogP contribution in [-0.4, -0.2) is 19.3 Å². The van der Waals surface area contributed by atoms with Gasteiger partial charge in [-0.05, 0) is 49.4 Å². The van der Waals surface area contributed by atoms with Crippen molar-refractivity contribution in [1.29, 1.82) is 0 Å². The lowest BCUT2D eigenvalue weighted by molar-refractivity contribution is 0.103. The SMILES string of the molecule is Cc1nc(NS(=O)(=O)c2ccc(F)cc2)sc1C(=O)Nc1cccc(F)c1. The first kappa shape index (κ1) is 18.9. The molecule has 140 valence electrons. The first-order valence-corrected chi connectivity index (χ1v) is 9.87. The second-order valence-corrected chi connectivity index (χ2v) is 8.14. The predicted octanol–water partition coefficient (Wildman–Crippen LogP) is 3.78. The molecule has 0 atom stereocenters. The number of nitrogens with zero attached hydrogens (tertiary/aromatic N) is 1. The van der Waals surface area contributed by atoms with Crippen LogP contribution in [0.5, 0.6) is 0 Å². The van der Waals surface area contributed by atoms with E-state index in [1.807, 2.05) is 0 Å². The number of benzene rings is 2. The van der Waals surface area contributed by atoms with Gasteiger partial charge in [0.05, 0.1) is 10.6 Å². The molecule has 0 unspecified atom stereocenters. The summed E-state index contributed by atoms with van der Waals surface area (Å²) in [5, 5.41) is 2.51. The van der Waals surface area contributed by atoms with Crippen molar-refractivity contribution in [2.75, 3.05) is 10.0 Å². The molecule has 6 nitrogen and oxygen atoms in total. The average Bonchev–Trinajstić information content (AvgIpc) is 2.95. The van der Waals surface area contributed by atoms with E-state index in [1.165, 1.54) is 18.2 Å². The monoisotopic (exact) mass is 409 g/mol. The topological polar surface area (TPSA) is 88.2 Å². The zero-order chi connectivity index (χ0) is 19.6. The van der Waals surface area contributed by atoms with Crippen molar-refractivity contribution in [2.45, 2.75) is 11.8 Å². The molecule has 10 heteroatoms. The fraction of sp³-hybridized carbons (Fsp3) is 0.0588. The molecule has 2 N–H and O–H groups in total. The highest BCUT2D eigenvalue weighted by atomic mass is 32.2. The largest absolute Gasteiger partial charge is 0.321 e. The van der Waals surface area contributed by atoms with Crippen molar-refractivity contribution >= 4 is 38.1 Å². The van der Waals surface area contributed by atoms with Crippen LogP contribution in [0.25, 0.3) is 0 Å².